The molecular formula is C10H12N2O5S. The number of β-lactam (4-membered cyclic amide) rings is 1. The molecule has 1 fully saturated rings. The maximum atomic E-state index is 11.8. The molecule has 0 aromatic heterocycles. The molecule has 1 saturated heterocycles. The van der Waals surface area contributed by atoms with Crippen LogP contribution < -0.4 is 5.32 Å². The van der Waals surface area contributed by atoms with E-state index in [1.165, 1.54) is 13.8 Å². The van der Waals surface area contributed by atoms with Crippen molar-refractivity contribution in [2.45, 2.75) is 25.3 Å². The van der Waals surface area contributed by atoms with Crippen LogP contribution >= 0.6 is 11.8 Å². The van der Waals surface area contributed by atoms with Crippen molar-refractivity contribution in [2.75, 3.05) is 0 Å². The molecule has 0 aromatic carbocycles. The third-order valence-electron chi connectivity index (χ3n) is 2.79. The SMILES string of the molecule is CC(=O)NC1=C(C(=O)O)N2C(=O)[C@H](C(C)O)[C@H]2S1. The second kappa shape index (κ2) is 4.29. The second-order valence-corrected chi connectivity index (χ2v) is 5.27. The maximum absolute atomic E-state index is 11.8. The number of fused-ring (bicyclic) bond motifs is 1. The molecule has 18 heavy (non-hydrogen) atoms. The minimum Gasteiger partial charge on any atom is -0.476 e. The van der Waals surface area contributed by atoms with Crippen molar-refractivity contribution in [1.29, 1.82) is 0 Å². The molecule has 2 heterocycles. The van der Waals surface area contributed by atoms with Gasteiger partial charge in [-0.05, 0) is 6.92 Å². The standard InChI is InChI=1S/C10H12N2O5S/c1-3(13)5-8(15)12-6(10(16)17)7(11-4(2)14)18-9(5)12/h3,5,9,13H,1-2H3,(H,11,14)(H,16,17)/t3?,5-,9+/m0/s1. The Morgan fingerprint density at radius 2 is 2.11 bits per heavy atom. The van der Waals surface area contributed by atoms with Gasteiger partial charge in [-0.15, -0.1) is 0 Å². The molecular weight excluding hydrogens is 260 g/mol. The van der Waals surface area contributed by atoms with E-state index >= 15 is 0 Å². The molecule has 0 bridgehead atoms. The van der Waals surface area contributed by atoms with Gasteiger partial charge in [0.2, 0.25) is 11.8 Å². The van der Waals surface area contributed by atoms with Crippen molar-refractivity contribution in [3.8, 4) is 0 Å². The van der Waals surface area contributed by atoms with Gasteiger partial charge in [0, 0.05) is 6.92 Å². The zero-order valence-corrected chi connectivity index (χ0v) is 10.5. The number of hydrogen-bond acceptors (Lipinski definition) is 5. The number of aliphatic carboxylic acids is 1. The summed E-state index contributed by atoms with van der Waals surface area (Å²) in [5.74, 6) is -2.73. The summed E-state index contributed by atoms with van der Waals surface area (Å²) in [5.41, 5.74) is -0.220. The van der Waals surface area contributed by atoms with Crippen LogP contribution in [0.1, 0.15) is 13.8 Å². The summed E-state index contributed by atoms with van der Waals surface area (Å²) >= 11 is 1.08. The number of aliphatic hydroxyl groups is 1. The second-order valence-electron chi connectivity index (χ2n) is 4.15. The zero-order chi connectivity index (χ0) is 13.6. The Hall–Kier alpha value is -1.54. The van der Waals surface area contributed by atoms with E-state index in [0.29, 0.717) is 0 Å². The highest BCUT2D eigenvalue weighted by molar-refractivity contribution is 8.04. The fraction of sp³-hybridized carbons (Fsp3) is 0.500. The minimum absolute atomic E-state index is 0.150. The highest BCUT2D eigenvalue weighted by Crippen LogP contribution is 2.49. The quantitative estimate of drug-likeness (QED) is 0.586. The normalized spacial score (nSPS) is 27.7. The van der Waals surface area contributed by atoms with Crippen LogP contribution in [0.4, 0.5) is 0 Å². The summed E-state index contributed by atoms with van der Waals surface area (Å²) in [7, 11) is 0. The summed E-state index contributed by atoms with van der Waals surface area (Å²) in [6, 6.07) is 0. The van der Waals surface area contributed by atoms with Crippen LogP contribution in [-0.2, 0) is 14.4 Å². The molecule has 0 aromatic rings. The van der Waals surface area contributed by atoms with Crippen molar-refractivity contribution < 1.29 is 24.6 Å². The van der Waals surface area contributed by atoms with E-state index in [4.69, 9.17) is 5.11 Å². The Kier molecular flexibility index (Phi) is 3.07. The molecule has 8 heteroatoms. The molecule has 2 amide bonds. The highest BCUT2D eigenvalue weighted by Gasteiger charge is 2.57. The molecule has 98 valence electrons. The Bertz CT molecular complexity index is 473. The van der Waals surface area contributed by atoms with Gasteiger partial charge < -0.3 is 15.5 Å². The number of nitrogens with zero attached hydrogens (tertiary/aromatic N) is 1. The number of carboxylic acids is 1. The summed E-state index contributed by atoms with van der Waals surface area (Å²) in [6.45, 7) is 2.74. The van der Waals surface area contributed by atoms with Crippen molar-refractivity contribution >= 4 is 29.5 Å². The van der Waals surface area contributed by atoms with Crippen molar-refractivity contribution in [2.24, 2.45) is 5.92 Å². The monoisotopic (exact) mass is 272 g/mol. The van der Waals surface area contributed by atoms with Gasteiger partial charge in [-0.1, -0.05) is 11.8 Å². The number of hydrogen-bond donors (Lipinski definition) is 3. The highest BCUT2D eigenvalue weighted by atomic mass is 32.2. The number of carbonyl (C=O) groups is 3. The van der Waals surface area contributed by atoms with Gasteiger partial charge in [0.15, 0.2) is 5.70 Å². The number of aliphatic hydroxyl groups excluding tert-OH is 1. The van der Waals surface area contributed by atoms with Crippen molar-refractivity contribution in [3.63, 3.8) is 0 Å². The van der Waals surface area contributed by atoms with Gasteiger partial charge in [-0.25, -0.2) is 4.79 Å². The predicted octanol–water partition coefficient (Wildman–Crippen LogP) is -0.712. The van der Waals surface area contributed by atoms with Crippen LogP contribution in [0.5, 0.6) is 0 Å². The van der Waals surface area contributed by atoms with Gasteiger partial charge in [0.25, 0.3) is 0 Å². The van der Waals surface area contributed by atoms with Crippen LogP contribution in [0, 0.1) is 5.92 Å². The minimum atomic E-state index is -1.27. The van der Waals surface area contributed by atoms with Gasteiger partial charge >= 0.3 is 5.97 Å². The van der Waals surface area contributed by atoms with Gasteiger partial charge in [-0.2, -0.15) is 0 Å². The summed E-state index contributed by atoms with van der Waals surface area (Å²) in [6.07, 6.45) is -0.849. The van der Waals surface area contributed by atoms with E-state index in [2.05, 4.69) is 5.32 Å². The fourth-order valence-electron chi connectivity index (χ4n) is 2.03. The van der Waals surface area contributed by atoms with Crippen LogP contribution in [-0.4, -0.2) is 44.4 Å². The van der Waals surface area contributed by atoms with E-state index in [1.54, 1.807) is 0 Å². The van der Waals surface area contributed by atoms with Crippen LogP contribution in [0.2, 0.25) is 0 Å². The van der Waals surface area contributed by atoms with Gasteiger partial charge in [0.1, 0.15) is 10.4 Å². The first kappa shape index (κ1) is 12.9. The molecule has 2 aliphatic heterocycles. The van der Waals surface area contributed by atoms with Gasteiger partial charge in [0.05, 0.1) is 12.0 Å². The van der Waals surface area contributed by atoms with Crippen molar-refractivity contribution in [1.82, 2.24) is 10.2 Å². The molecule has 7 nitrogen and oxygen atoms in total. The molecule has 0 radical (unpaired) electrons. The first-order valence-corrected chi connectivity index (χ1v) is 6.15. The average molecular weight is 272 g/mol. The first-order valence-electron chi connectivity index (χ1n) is 5.27. The predicted molar refractivity (Wildman–Crippen MR) is 61.9 cm³/mol. The zero-order valence-electron chi connectivity index (χ0n) is 9.71. The summed E-state index contributed by atoms with van der Waals surface area (Å²) in [4.78, 5) is 35.0. The molecule has 1 unspecified atom stereocenters. The molecule has 3 atom stereocenters. The summed E-state index contributed by atoms with van der Waals surface area (Å²) in [5, 5.41) is 20.6. The van der Waals surface area contributed by atoms with Crippen LogP contribution in [0.25, 0.3) is 0 Å². The lowest BCUT2D eigenvalue weighted by atomic mass is 9.92. The number of rotatable bonds is 3. The Labute approximate surface area is 107 Å². The van der Waals surface area contributed by atoms with Crippen LogP contribution in [0.15, 0.2) is 10.7 Å². The van der Waals surface area contributed by atoms with E-state index in [1.807, 2.05) is 0 Å². The number of thioether (sulfide) groups is 1. The smallest absolute Gasteiger partial charge is 0.355 e. The Morgan fingerprint density at radius 3 is 2.56 bits per heavy atom. The third-order valence-corrected chi connectivity index (χ3v) is 4.07. The lowest BCUT2D eigenvalue weighted by molar-refractivity contribution is -0.156. The first-order chi connectivity index (χ1) is 8.34. The molecule has 0 spiro atoms. The fourth-order valence-corrected chi connectivity index (χ4v) is 3.58. The number of carbonyl (C=O) groups excluding carboxylic acids is 2. The lowest BCUT2D eigenvalue weighted by Gasteiger charge is -2.43. The Morgan fingerprint density at radius 1 is 1.50 bits per heavy atom. The summed E-state index contributed by atoms with van der Waals surface area (Å²) < 4.78 is 0. The van der Waals surface area contributed by atoms with E-state index in [-0.39, 0.29) is 10.7 Å². The number of amides is 2. The number of carboxylic acid groups (broad SMARTS) is 1. The van der Waals surface area contributed by atoms with Gasteiger partial charge in [-0.3, -0.25) is 14.5 Å². The molecule has 0 aliphatic carbocycles. The van der Waals surface area contributed by atoms with E-state index < -0.39 is 35.2 Å². The van der Waals surface area contributed by atoms with E-state index in [9.17, 15) is 19.5 Å². The maximum Gasteiger partial charge on any atom is 0.355 e. The average Bonchev–Trinajstić information content (AvgIpc) is 2.51. The van der Waals surface area contributed by atoms with Crippen molar-refractivity contribution in [3.05, 3.63) is 10.7 Å². The largest absolute Gasteiger partial charge is 0.476 e. The van der Waals surface area contributed by atoms with E-state index in [0.717, 1.165) is 16.7 Å². The lowest BCUT2D eigenvalue weighted by Crippen LogP contribution is -2.60. The molecule has 0 saturated carbocycles. The third kappa shape index (κ3) is 1.77. The number of nitrogens with one attached hydrogen (secondary N) is 1. The Balaban J connectivity index is 2.29. The molecule has 3 N–H and O–H groups in total. The molecule has 2 aliphatic rings. The van der Waals surface area contributed by atoms with Crippen LogP contribution in [0.3, 0.4) is 0 Å². The topological polar surface area (TPSA) is 107 Å². The molecule has 2 rings (SSSR count).